The van der Waals surface area contributed by atoms with Crippen molar-refractivity contribution in [3.63, 3.8) is 0 Å². The Hall–Kier alpha value is -4.50. The topological polar surface area (TPSA) is 115 Å². The summed E-state index contributed by atoms with van der Waals surface area (Å²) < 4.78 is 16.1. The van der Waals surface area contributed by atoms with E-state index < -0.39 is 0 Å². The van der Waals surface area contributed by atoms with Gasteiger partial charge in [0, 0.05) is 30.5 Å². The van der Waals surface area contributed by atoms with Crippen LogP contribution in [0.1, 0.15) is 41.3 Å². The number of aryl methyl sites for hydroxylation is 1. The molecule has 0 radical (unpaired) electrons. The van der Waals surface area contributed by atoms with Gasteiger partial charge in [0.1, 0.15) is 5.75 Å². The predicted octanol–water partition coefficient (Wildman–Crippen LogP) is 5.62. The number of benzene rings is 3. The van der Waals surface area contributed by atoms with Gasteiger partial charge >= 0.3 is 0 Å². The van der Waals surface area contributed by atoms with E-state index in [0.29, 0.717) is 39.9 Å². The Morgan fingerprint density at radius 1 is 1.13 bits per heavy atom. The van der Waals surface area contributed by atoms with Crippen molar-refractivity contribution in [3.8, 4) is 17.2 Å². The molecule has 10 heteroatoms. The summed E-state index contributed by atoms with van der Waals surface area (Å²) in [4.78, 5) is 22.5. The van der Waals surface area contributed by atoms with E-state index in [-0.39, 0.29) is 18.6 Å². The average molecular weight is 549 g/mol. The summed E-state index contributed by atoms with van der Waals surface area (Å²) in [5.74, 6) is 1.41. The summed E-state index contributed by atoms with van der Waals surface area (Å²) in [5, 5.41) is 9.31. The summed E-state index contributed by atoms with van der Waals surface area (Å²) in [7, 11) is 1.55. The number of carbonyl (C=O) groups excluding carboxylic acids is 2. The summed E-state index contributed by atoms with van der Waals surface area (Å²) in [5.41, 5.74) is 9.48. The van der Waals surface area contributed by atoms with E-state index in [1.54, 1.807) is 37.2 Å². The Bertz CT molecular complexity index is 1440. The van der Waals surface area contributed by atoms with Crippen LogP contribution < -0.4 is 30.3 Å². The van der Waals surface area contributed by atoms with Crippen molar-refractivity contribution >= 4 is 47.2 Å². The van der Waals surface area contributed by atoms with Gasteiger partial charge in [-0.3, -0.25) is 9.59 Å². The van der Waals surface area contributed by atoms with Crippen LogP contribution in [0.25, 0.3) is 5.70 Å². The molecule has 0 aromatic heterocycles. The van der Waals surface area contributed by atoms with Gasteiger partial charge < -0.3 is 25.3 Å². The number of ether oxygens (including phenoxy) is 3. The van der Waals surface area contributed by atoms with E-state index in [9.17, 15) is 9.59 Å². The molecule has 0 spiro atoms. The highest BCUT2D eigenvalue weighted by atomic mass is 35.5. The van der Waals surface area contributed by atoms with E-state index >= 15 is 0 Å². The lowest BCUT2D eigenvalue weighted by atomic mass is 9.93. The number of rotatable bonds is 7. The number of hydrogen-bond donors (Lipinski definition) is 2. The molecule has 0 saturated heterocycles. The molecule has 2 amide bonds. The van der Waals surface area contributed by atoms with Gasteiger partial charge in [0.2, 0.25) is 12.7 Å². The summed E-state index contributed by atoms with van der Waals surface area (Å²) in [6.45, 7) is 5.71. The Labute approximate surface area is 231 Å². The molecular weight excluding hydrogens is 520 g/mol. The van der Waals surface area contributed by atoms with Crippen LogP contribution >= 0.6 is 11.6 Å². The van der Waals surface area contributed by atoms with Crippen LogP contribution in [-0.4, -0.2) is 32.4 Å². The Morgan fingerprint density at radius 3 is 2.59 bits per heavy atom. The van der Waals surface area contributed by atoms with Crippen molar-refractivity contribution in [2.75, 3.05) is 24.2 Å². The maximum absolute atomic E-state index is 12.9. The van der Waals surface area contributed by atoms with Crippen LogP contribution in [0.4, 0.5) is 11.4 Å². The molecule has 2 aliphatic rings. The van der Waals surface area contributed by atoms with Crippen molar-refractivity contribution in [2.45, 2.75) is 26.2 Å². The maximum atomic E-state index is 12.9. The van der Waals surface area contributed by atoms with Gasteiger partial charge in [0.25, 0.3) is 5.91 Å². The minimum absolute atomic E-state index is 0.201. The number of nitrogens with zero attached hydrogens (tertiary/aromatic N) is 2. The largest absolute Gasteiger partial charge is 0.497 e. The van der Waals surface area contributed by atoms with E-state index in [4.69, 9.17) is 25.8 Å². The number of allylic oxidation sites excluding steroid dienone is 1. The zero-order valence-electron chi connectivity index (χ0n) is 21.7. The molecular formula is C29H29ClN4O5. The molecule has 0 atom stereocenters. The molecule has 0 saturated carbocycles. The molecule has 39 heavy (non-hydrogen) atoms. The molecule has 202 valence electrons. The van der Waals surface area contributed by atoms with Crippen molar-refractivity contribution in [3.05, 3.63) is 82.4 Å². The van der Waals surface area contributed by atoms with Gasteiger partial charge in [-0.25, -0.2) is 5.01 Å². The number of primary amides is 1. The molecule has 1 aliphatic heterocycles. The third-order valence-corrected chi connectivity index (χ3v) is 6.45. The molecule has 1 heterocycles. The minimum atomic E-state index is -0.302. The fourth-order valence-electron chi connectivity index (χ4n) is 4.10. The number of halogens is 1. The third-order valence-electron chi connectivity index (χ3n) is 6.13. The molecule has 1 aliphatic carbocycles. The van der Waals surface area contributed by atoms with Crippen LogP contribution in [-0.2, 0) is 11.2 Å². The van der Waals surface area contributed by atoms with E-state index in [2.05, 4.69) is 28.9 Å². The summed E-state index contributed by atoms with van der Waals surface area (Å²) in [6, 6.07) is 16.5. The van der Waals surface area contributed by atoms with Gasteiger partial charge in [0.05, 0.1) is 29.1 Å². The third kappa shape index (κ3) is 6.32. The molecule has 3 aromatic carbocycles. The zero-order valence-corrected chi connectivity index (χ0v) is 22.5. The van der Waals surface area contributed by atoms with E-state index in [1.807, 2.05) is 36.4 Å². The summed E-state index contributed by atoms with van der Waals surface area (Å²) >= 11 is 6.28. The van der Waals surface area contributed by atoms with Crippen LogP contribution in [0.15, 0.2) is 65.8 Å². The second-order valence-corrected chi connectivity index (χ2v) is 9.02. The lowest BCUT2D eigenvalue weighted by Gasteiger charge is -2.27. The monoisotopic (exact) mass is 548 g/mol. The van der Waals surface area contributed by atoms with Gasteiger partial charge in [0.15, 0.2) is 11.5 Å². The van der Waals surface area contributed by atoms with Crippen molar-refractivity contribution in [2.24, 2.45) is 10.8 Å². The normalized spacial score (nSPS) is 12.7. The number of carbonyl (C=O) groups is 2. The molecule has 0 fully saturated rings. The van der Waals surface area contributed by atoms with Gasteiger partial charge in [-0.1, -0.05) is 30.7 Å². The average Bonchev–Trinajstić information content (AvgIpc) is 3.42. The number of nitrogens with two attached hydrogens (primary N) is 1. The number of methoxy groups -OCH3 is 1. The van der Waals surface area contributed by atoms with E-state index in [1.165, 1.54) is 0 Å². The standard InChI is InChI=1S/C26H22ClN3O4.C3H7NO/c1-28-30(18-8-11-24-25(13-18)34-15-33-24)23-5-3-4-16-6-7-17(12-21(16)23)29-26(31)20-10-9-19(32-2)14-22(20)27;1-2-3(4)5/h5-14H,1,3-4,15H2,2H3,(H,29,31);2H2,1H3,(H2,4,5). The predicted molar refractivity (Wildman–Crippen MR) is 153 cm³/mol. The highest BCUT2D eigenvalue weighted by molar-refractivity contribution is 6.34. The number of nitrogens with one attached hydrogen (secondary N) is 1. The first-order chi connectivity index (χ1) is 18.8. The fraction of sp³-hybridized carbons (Fsp3) is 0.207. The Morgan fingerprint density at radius 2 is 1.90 bits per heavy atom. The first-order valence-electron chi connectivity index (χ1n) is 12.3. The molecule has 9 nitrogen and oxygen atoms in total. The molecule has 3 aromatic rings. The second kappa shape index (κ2) is 12.4. The van der Waals surface area contributed by atoms with Crippen molar-refractivity contribution in [1.82, 2.24) is 0 Å². The number of hydrogen-bond acceptors (Lipinski definition) is 7. The minimum Gasteiger partial charge on any atom is -0.497 e. The van der Waals surface area contributed by atoms with E-state index in [0.717, 1.165) is 35.4 Å². The van der Waals surface area contributed by atoms with Crippen molar-refractivity contribution in [1.29, 1.82) is 0 Å². The van der Waals surface area contributed by atoms with Crippen LogP contribution in [0, 0.1) is 0 Å². The molecule has 0 unspecified atom stereocenters. The Balaban J connectivity index is 0.000000648. The number of anilines is 2. The zero-order chi connectivity index (χ0) is 27.9. The highest BCUT2D eigenvalue weighted by Gasteiger charge is 2.23. The number of amides is 2. The van der Waals surface area contributed by atoms with Gasteiger partial charge in [-0.2, -0.15) is 5.10 Å². The fourth-order valence-corrected chi connectivity index (χ4v) is 4.36. The van der Waals surface area contributed by atoms with Crippen molar-refractivity contribution < 1.29 is 23.8 Å². The maximum Gasteiger partial charge on any atom is 0.257 e. The number of fused-ring (bicyclic) bond motifs is 2. The van der Waals surface area contributed by atoms with Gasteiger partial charge in [-0.15, -0.1) is 0 Å². The molecule has 3 N–H and O–H groups in total. The Kier molecular flexibility index (Phi) is 8.73. The quantitative estimate of drug-likeness (QED) is 0.292. The second-order valence-electron chi connectivity index (χ2n) is 8.61. The highest BCUT2D eigenvalue weighted by Crippen LogP contribution is 2.40. The van der Waals surface area contributed by atoms with Gasteiger partial charge in [-0.05, 0) is 60.9 Å². The smallest absolute Gasteiger partial charge is 0.257 e. The lowest BCUT2D eigenvalue weighted by Crippen LogP contribution is -2.18. The van der Waals surface area contributed by atoms with Crippen LogP contribution in [0.5, 0.6) is 17.2 Å². The number of hydrazone groups is 1. The first kappa shape index (κ1) is 27.5. The van der Waals surface area contributed by atoms with Crippen LogP contribution in [0.3, 0.4) is 0 Å². The molecule has 0 bridgehead atoms. The first-order valence-corrected chi connectivity index (χ1v) is 12.7. The lowest BCUT2D eigenvalue weighted by molar-refractivity contribution is -0.117. The molecule has 5 rings (SSSR count). The van der Waals surface area contributed by atoms with Crippen LogP contribution in [0.2, 0.25) is 5.02 Å². The SMILES string of the molecule is C=NN(C1=CCCc2ccc(NC(=O)c3ccc(OC)cc3Cl)cc21)c1ccc2c(c1)OCO2.CCC(N)=O. The summed E-state index contributed by atoms with van der Waals surface area (Å²) in [6.07, 6.45) is 4.32.